The van der Waals surface area contributed by atoms with Gasteiger partial charge < -0.3 is 10.1 Å². The van der Waals surface area contributed by atoms with E-state index in [1.807, 2.05) is 0 Å². The van der Waals surface area contributed by atoms with Crippen LogP contribution in [0.5, 0.6) is 5.75 Å². The molecule has 1 N–H and O–H groups in total. The molecular weight excluding hydrogens is 477 g/mol. The summed E-state index contributed by atoms with van der Waals surface area (Å²) in [6.07, 6.45) is 0.191. The van der Waals surface area contributed by atoms with Crippen molar-refractivity contribution in [2.45, 2.75) is 24.3 Å². The van der Waals surface area contributed by atoms with Crippen LogP contribution in [0.4, 0.5) is 9.52 Å². The number of nitrogens with one attached hydrogen (secondary N) is 1. The Hall–Kier alpha value is -2.53. The highest BCUT2D eigenvalue weighted by Gasteiger charge is 2.31. The van der Waals surface area contributed by atoms with Gasteiger partial charge in [-0.1, -0.05) is 23.7 Å². The Labute approximate surface area is 193 Å². The number of halogens is 2. The van der Waals surface area contributed by atoms with Crippen LogP contribution < -0.4 is 10.1 Å². The highest BCUT2D eigenvalue weighted by atomic mass is 35.5. The van der Waals surface area contributed by atoms with Gasteiger partial charge in [0.1, 0.15) is 11.6 Å². The molecule has 0 aliphatic carbocycles. The predicted molar refractivity (Wildman–Crippen MR) is 120 cm³/mol. The molecule has 7 nitrogen and oxygen atoms in total. The molecule has 0 saturated carbocycles. The fraction of sp³-hybridized carbons (Fsp3) is 0.238. The number of rotatable bonds is 6. The maximum absolute atomic E-state index is 13.9. The molecule has 168 valence electrons. The molecule has 4 rings (SSSR count). The third-order valence-corrected chi connectivity index (χ3v) is 8.21. The van der Waals surface area contributed by atoms with Crippen LogP contribution in [0.1, 0.15) is 16.1 Å². The van der Waals surface area contributed by atoms with Crippen molar-refractivity contribution < 1.29 is 22.3 Å². The molecule has 3 aromatic rings. The minimum Gasteiger partial charge on any atom is -0.497 e. The second-order valence-corrected chi connectivity index (χ2v) is 10.5. The molecule has 2 aromatic carbocycles. The van der Waals surface area contributed by atoms with Crippen molar-refractivity contribution in [2.75, 3.05) is 19.0 Å². The van der Waals surface area contributed by atoms with Crippen molar-refractivity contribution in [1.82, 2.24) is 9.29 Å². The molecule has 0 spiro atoms. The van der Waals surface area contributed by atoms with Gasteiger partial charge in [0.2, 0.25) is 15.9 Å². The van der Waals surface area contributed by atoms with E-state index in [-0.39, 0.29) is 35.0 Å². The Bertz CT molecular complexity index is 1260. The Morgan fingerprint density at radius 2 is 2.09 bits per heavy atom. The van der Waals surface area contributed by atoms with Crippen LogP contribution >= 0.6 is 22.9 Å². The number of amides is 1. The fourth-order valence-electron chi connectivity index (χ4n) is 3.37. The van der Waals surface area contributed by atoms with E-state index in [1.54, 1.807) is 12.1 Å². The molecule has 32 heavy (non-hydrogen) atoms. The Morgan fingerprint density at radius 1 is 1.31 bits per heavy atom. The van der Waals surface area contributed by atoms with E-state index in [2.05, 4.69) is 10.3 Å². The van der Waals surface area contributed by atoms with Crippen LogP contribution in [0.2, 0.25) is 5.02 Å². The van der Waals surface area contributed by atoms with Crippen molar-refractivity contribution in [3.8, 4) is 5.75 Å². The van der Waals surface area contributed by atoms with Crippen molar-refractivity contribution in [3.05, 3.63) is 69.4 Å². The molecular formula is C21H19ClFN3O4S2. The SMILES string of the molecule is COc1cccc(S(=O)(=O)N2CCc3nc(NC(=O)Cc4c(F)cccc4Cl)sc3C2)c1. The van der Waals surface area contributed by atoms with E-state index in [0.29, 0.717) is 17.3 Å². The van der Waals surface area contributed by atoms with Crippen LogP contribution in [0.25, 0.3) is 0 Å². The van der Waals surface area contributed by atoms with Crippen molar-refractivity contribution in [3.63, 3.8) is 0 Å². The second kappa shape index (κ2) is 9.14. The summed E-state index contributed by atoms with van der Waals surface area (Å²) in [4.78, 5) is 17.7. The normalized spacial score (nSPS) is 14.1. The summed E-state index contributed by atoms with van der Waals surface area (Å²) in [6.45, 7) is 0.427. The van der Waals surface area contributed by atoms with Crippen molar-refractivity contribution in [2.24, 2.45) is 0 Å². The highest BCUT2D eigenvalue weighted by Crippen LogP contribution is 2.32. The third-order valence-electron chi connectivity index (χ3n) is 5.02. The molecule has 1 amide bonds. The number of nitrogens with zero attached hydrogens (tertiary/aromatic N) is 2. The van der Waals surface area contributed by atoms with Crippen molar-refractivity contribution >= 4 is 44.0 Å². The van der Waals surface area contributed by atoms with Gasteiger partial charge >= 0.3 is 0 Å². The first-order valence-corrected chi connectivity index (χ1v) is 12.3. The second-order valence-electron chi connectivity index (χ2n) is 7.08. The van der Waals surface area contributed by atoms with Crippen LogP contribution in [0.3, 0.4) is 0 Å². The number of thiazole rings is 1. The van der Waals surface area contributed by atoms with E-state index < -0.39 is 21.7 Å². The van der Waals surface area contributed by atoms with Crippen LogP contribution in [-0.2, 0) is 34.2 Å². The van der Waals surface area contributed by atoms with Gasteiger partial charge in [-0.15, -0.1) is 11.3 Å². The van der Waals surface area contributed by atoms with Crippen molar-refractivity contribution in [1.29, 1.82) is 0 Å². The summed E-state index contributed by atoms with van der Waals surface area (Å²) in [5.74, 6) is -0.546. The number of fused-ring (bicyclic) bond motifs is 1. The zero-order valence-corrected chi connectivity index (χ0v) is 19.4. The van der Waals surface area contributed by atoms with Crippen LogP contribution in [0, 0.1) is 5.82 Å². The van der Waals surface area contributed by atoms with E-state index in [1.165, 1.54) is 53.1 Å². The van der Waals surface area contributed by atoms with E-state index in [0.717, 1.165) is 10.6 Å². The molecule has 0 atom stereocenters. The van der Waals surface area contributed by atoms with Crippen LogP contribution in [-0.4, -0.2) is 37.3 Å². The van der Waals surface area contributed by atoms with Gasteiger partial charge in [-0.3, -0.25) is 4.79 Å². The lowest BCUT2D eigenvalue weighted by Gasteiger charge is -2.25. The number of hydrogen-bond acceptors (Lipinski definition) is 6. The van der Waals surface area contributed by atoms with Crippen LogP contribution in [0.15, 0.2) is 47.4 Å². The average Bonchev–Trinajstić information content (AvgIpc) is 3.17. The number of ether oxygens (including phenoxy) is 1. The molecule has 0 radical (unpaired) electrons. The molecule has 1 aromatic heterocycles. The Balaban J connectivity index is 1.47. The maximum atomic E-state index is 13.9. The monoisotopic (exact) mass is 495 g/mol. The van der Waals surface area contributed by atoms with Gasteiger partial charge in [-0.25, -0.2) is 17.8 Å². The molecule has 2 heterocycles. The standard InChI is InChI=1S/C21H19ClFN3O4S2/c1-30-13-4-2-5-14(10-13)32(28,29)26-9-8-18-19(12-26)31-21(24-18)25-20(27)11-15-16(22)6-3-7-17(15)23/h2-7,10H,8-9,11-12H2,1H3,(H,24,25,27). The van der Waals surface area contributed by atoms with Gasteiger partial charge in [0.15, 0.2) is 5.13 Å². The fourth-order valence-corrected chi connectivity index (χ4v) is 6.16. The number of sulfonamides is 1. The number of benzene rings is 2. The largest absolute Gasteiger partial charge is 0.497 e. The number of aromatic nitrogens is 1. The van der Waals surface area contributed by atoms with Gasteiger partial charge in [-0.2, -0.15) is 4.31 Å². The molecule has 11 heteroatoms. The lowest BCUT2D eigenvalue weighted by atomic mass is 10.1. The predicted octanol–water partition coefficient (Wildman–Crippen LogP) is 3.87. The molecule has 0 saturated heterocycles. The maximum Gasteiger partial charge on any atom is 0.243 e. The number of hydrogen-bond donors (Lipinski definition) is 1. The summed E-state index contributed by atoms with van der Waals surface area (Å²) in [7, 11) is -2.23. The van der Waals surface area contributed by atoms with Gasteiger partial charge in [0.25, 0.3) is 0 Å². The molecule has 0 unspecified atom stereocenters. The lowest BCUT2D eigenvalue weighted by molar-refractivity contribution is -0.115. The first-order chi connectivity index (χ1) is 15.3. The van der Waals surface area contributed by atoms with Gasteiger partial charge in [0.05, 0.1) is 30.7 Å². The van der Waals surface area contributed by atoms with E-state index >= 15 is 0 Å². The van der Waals surface area contributed by atoms with Gasteiger partial charge in [-0.05, 0) is 24.3 Å². The first-order valence-electron chi connectivity index (χ1n) is 9.63. The number of anilines is 1. The number of carbonyl (C=O) groups excluding carboxylic acids is 1. The highest BCUT2D eigenvalue weighted by molar-refractivity contribution is 7.89. The summed E-state index contributed by atoms with van der Waals surface area (Å²) >= 11 is 7.19. The first kappa shape index (κ1) is 22.7. The third kappa shape index (κ3) is 4.63. The molecule has 1 aliphatic rings. The van der Waals surface area contributed by atoms with E-state index in [9.17, 15) is 17.6 Å². The Kier molecular flexibility index (Phi) is 6.47. The minimum absolute atomic E-state index is 0.114. The summed E-state index contributed by atoms with van der Waals surface area (Å²) in [5, 5.41) is 3.18. The number of methoxy groups -OCH3 is 1. The summed E-state index contributed by atoms with van der Waals surface area (Å²) in [5.41, 5.74) is 0.856. The molecule has 0 bridgehead atoms. The smallest absolute Gasteiger partial charge is 0.243 e. The lowest BCUT2D eigenvalue weighted by Crippen LogP contribution is -2.35. The zero-order valence-electron chi connectivity index (χ0n) is 17.0. The Morgan fingerprint density at radius 3 is 2.84 bits per heavy atom. The topological polar surface area (TPSA) is 88.6 Å². The molecule has 1 aliphatic heterocycles. The zero-order chi connectivity index (χ0) is 22.9. The van der Waals surface area contributed by atoms with Gasteiger partial charge in [0, 0.05) is 34.5 Å². The summed E-state index contributed by atoms with van der Waals surface area (Å²) < 4.78 is 46.5. The summed E-state index contributed by atoms with van der Waals surface area (Å²) in [6, 6.07) is 10.6. The van der Waals surface area contributed by atoms with E-state index in [4.69, 9.17) is 16.3 Å². The minimum atomic E-state index is -3.71. The number of carbonyl (C=O) groups is 1. The quantitative estimate of drug-likeness (QED) is 0.560. The molecule has 0 fully saturated rings. The average molecular weight is 496 g/mol.